The maximum atomic E-state index is 10.4. The molecule has 106 valence electrons. The molecule has 0 atom stereocenters. The quantitative estimate of drug-likeness (QED) is 0.361. The van der Waals surface area contributed by atoms with Crippen LogP contribution in [0, 0.1) is 0 Å². The van der Waals surface area contributed by atoms with E-state index in [1.807, 2.05) is 0 Å². The Bertz CT molecular complexity index is 246. The first-order valence-corrected chi connectivity index (χ1v) is 8.12. The summed E-state index contributed by atoms with van der Waals surface area (Å²) in [5, 5.41) is 0. The molecule has 1 N–H and O–H groups in total. The Morgan fingerprint density at radius 2 is 1.11 bits per heavy atom. The van der Waals surface area contributed by atoms with Gasteiger partial charge in [0.05, 0.1) is 5.75 Å². The third-order valence-corrected chi connectivity index (χ3v) is 3.56. The zero-order valence-electron chi connectivity index (χ0n) is 10.5. The minimum absolute atomic E-state index is 0. The van der Waals surface area contributed by atoms with Crippen LogP contribution in [0.15, 0.2) is 0 Å². The van der Waals surface area contributed by atoms with Crippen molar-refractivity contribution in [3.05, 3.63) is 0 Å². The van der Waals surface area contributed by atoms with E-state index in [0.29, 0.717) is 6.42 Å². The van der Waals surface area contributed by atoms with Gasteiger partial charge in [-0.15, -0.1) is 0 Å². The van der Waals surface area contributed by atoms with E-state index in [0.717, 1.165) is 12.8 Å². The Morgan fingerprint density at radius 1 is 0.778 bits per heavy atom. The van der Waals surface area contributed by atoms with Crippen LogP contribution >= 0.6 is 0 Å². The van der Waals surface area contributed by atoms with Gasteiger partial charge in [-0.1, -0.05) is 64.7 Å². The van der Waals surface area contributed by atoms with Crippen LogP contribution in [0.25, 0.3) is 0 Å². The van der Waals surface area contributed by atoms with Crippen LogP contribution < -0.4 is 0 Å². The minimum atomic E-state index is -3.73. The summed E-state index contributed by atoms with van der Waals surface area (Å²) in [6, 6.07) is 0. The van der Waals surface area contributed by atoms with Crippen molar-refractivity contribution in [1.82, 2.24) is 0 Å². The third kappa shape index (κ3) is 22.6. The van der Waals surface area contributed by atoms with Crippen LogP contribution in [0.1, 0.15) is 71.1 Å². The van der Waals surface area contributed by atoms with Crippen molar-refractivity contribution in [3.63, 3.8) is 0 Å². The topological polar surface area (TPSA) is 54.4 Å². The molecule has 6 heteroatoms. The maximum absolute atomic E-state index is 10.4. The number of hydrogen-bond donors (Lipinski definition) is 1. The molecule has 0 aromatic carbocycles. The van der Waals surface area contributed by atoms with Crippen LogP contribution in [-0.4, -0.2) is 65.6 Å². The first-order valence-electron chi connectivity index (χ1n) is 6.51. The molecule has 0 aliphatic rings. The third-order valence-electron chi connectivity index (χ3n) is 2.76. The van der Waals surface area contributed by atoms with E-state index in [4.69, 9.17) is 4.55 Å². The number of unbranched alkanes of at least 4 members (excludes halogenated alkanes) is 9. The van der Waals surface area contributed by atoms with Crippen molar-refractivity contribution in [3.8, 4) is 0 Å². The fraction of sp³-hybridized carbons (Fsp3) is 1.00. The Balaban J connectivity index is -0.00000112. The average Bonchev–Trinajstić information content (AvgIpc) is 2.19. The van der Waals surface area contributed by atoms with Gasteiger partial charge in [-0.2, -0.15) is 8.42 Å². The van der Waals surface area contributed by atoms with Gasteiger partial charge in [-0.3, -0.25) is 4.55 Å². The summed E-state index contributed by atoms with van der Waals surface area (Å²) in [5.41, 5.74) is 0. The molecule has 0 fully saturated rings. The summed E-state index contributed by atoms with van der Waals surface area (Å²) in [5.74, 6) is -0.0799. The molecular formula is C12H30AlNaO3S. The molecule has 0 amide bonds. The molecule has 0 spiro atoms. The Hall–Kier alpha value is 1.44. The predicted octanol–water partition coefficient (Wildman–Crippen LogP) is 1.96. The molecule has 0 saturated heterocycles. The van der Waals surface area contributed by atoms with E-state index in [1.165, 1.54) is 44.9 Å². The normalized spacial score (nSPS) is 10.6. The van der Waals surface area contributed by atoms with Gasteiger partial charge in [0.2, 0.25) is 0 Å². The zero-order valence-corrected chi connectivity index (χ0v) is 11.3. The zero-order chi connectivity index (χ0) is 12.3. The number of rotatable bonds is 11. The molecule has 0 unspecified atom stereocenters. The van der Waals surface area contributed by atoms with Gasteiger partial charge in [0.25, 0.3) is 10.1 Å². The Morgan fingerprint density at radius 3 is 1.44 bits per heavy atom. The van der Waals surface area contributed by atoms with E-state index < -0.39 is 10.1 Å². The summed E-state index contributed by atoms with van der Waals surface area (Å²) in [7, 11) is -3.73. The van der Waals surface area contributed by atoms with E-state index in [-0.39, 0.29) is 52.7 Å². The second-order valence-electron chi connectivity index (χ2n) is 4.47. The average molecular weight is 304 g/mol. The number of hydrogen-bond acceptors (Lipinski definition) is 2. The monoisotopic (exact) mass is 304 g/mol. The fourth-order valence-corrected chi connectivity index (χ4v) is 2.34. The molecule has 0 aliphatic heterocycles. The van der Waals surface area contributed by atoms with Crippen LogP contribution in [0.5, 0.6) is 0 Å². The van der Waals surface area contributed by atoms with Crippen molar-refractivity contribution in [2.45, 2.75) is 71.1 Å². The predicted molar refractivity (Wildman–Crippen MR) is 85.3 cm³/mol. The second kappa shape index (κ2) is 16.5. The van der Waals surface area contributed by atoms with E-state index in [9.17, 15) is 8.42 Å². The van der Waals surface area contributed by atoms with Crippen molar-refractivity contribution in [1.29, 1.82) is 0 Å². The Labute approximate surface area is 146 Å². The first-order chi connectivity index (χ1) is 7.56. The standard InChI is InChI=1S/C12H26O3S.Al.Na.4H/c1-2-3-4-5-6-7-8-9-10-11-12-16(13,14)15;;;;;;/h2-12H2,1H3,(H,13,14,15);;;;;;. The molecule has 0 bridgehead atoms. The molecule has 0 rings (SSSR count). The summed E-state index contributed by atoms with van der Waals surface area (Å²) >= 11 is 0. The molecule has 0 saturated carbocycles. The van der Waals surface area contributed by atoms with E-state index in [2.05, 4.69) is 6.92 Å². The molecule has 3 nitrogen and oxygen atoms in total. The van der Waals surface area contributed by atoms with Crippen LogP contribution in [0.3, 0.4) is 0 Å². The first kappa shape index (κ1) is 24.5. The van der Waals surface area contributed by atoms with Gasteiger partial charge in [-0.05, 0) is 6.42 Å². The molecule has 18 heavy (non-hydrogen) atoms. The summed E-state index contributed by atoms with van der Waals surface area (Å²) < 4.78 is 29.4. The van der Waals surface area contributed by atoms with Crippen molar-refractivity contribution < 1.29 is 13.0 Å². The van der Waals surface area contributed by atoms with Crippen molar-refractivity contribution in [2.24, 2.45) is 0 Å². The Kier molecular flexibility index (Phi) is 22.4. The van der Waals surface area contributed by atoms with Crippen molar-refractivity contribution >= 4 is 57.0 Å². The summed E-state index contributed by atoms with van der Waals surface area (Å²) in [6.07, 6.45) is 11.7. The molecule has 0 aliphatic carbocycles. The molecule has 0 aromatic heterocycles. The van der Waals surface area contributed by atoms with E-state index >= 15 is 0 Å². The van der Waals surface area contributed by atoms with Gasteiger partial charge < -0.3 is 0 Å². The van der Waals surface area contributed by atoms with Gasteiger partial charge in [0.15, 0.2) is 17.4 Å². The fourth-order valence-electron chi connectivity index (χ4n) is 1.77. The summed E-state index contributed by atoms with van der Waals surface area (Å²) in [4.78, 5) is 0. The molecular weight excluding hydrogens is 274 g/mol. The SMILES string of the molecule is CCCCCCCCCCCCS(=O)(=O)O.[AlH3].[NaH]. The van der Waals surface area contributed by atoms with Crippen molar-refractivity contribution in [2.75, 3.05) is 5.75 Å². The van der Waals surface area contributed by atoms with Crippen LogP contribution in [-0.2, 0) is 10.1 Å². The van der Waals surface area contributed by atoms with Gasteiger partial charge in [0, 0.05) is 0 Å². The summed E-state index contributed by atoms with van der Waals surface area (Å²) in [6.45, 7) is 2.22. The van der Waals surface area contributed by atoms with E-state index in [1.54, 1.807) is 0 Å². The molecule has 0 aromatic rings. The molecule has 0 radical (unpaired) electrons. The van der Waals surface area contributed by atoms with Crippen LogP contribution in [0.4, 0.5) is 0 Å². The van der Waals surface area contributed by atoms with Gasteiger partial charge in [0.1, 0.15) is 0 Å². The second-order valence-corrected chi connectivity index (χ2v) is 6.04. The van der Waals surface area contributed by atoms with Gasteiger partial charge >= 0.3 is 29.6 Å². The van der Waals surface area contributed by atoms with Crippen LogP contribution in [0.2, 0.25) is 0 Å². The molecule has 0 heterocycles. The van der Waals surface area contributed by atoms with Gasteiger partial charge in [-0.25, -0.2) is 0 Å².